The summed E-state index contributed by atoms with van der Waals surface area (Å²) >= 11 is 0. The SMILES string of the molecule is CC/C=C\C/C=C\C/C=C\CCCCCCCCCCOCC(COP(=O)(O)OCCN)OC(=O)CCCCCCC/C=C\C/C=C\CCCCCC. The maximum atomic E-state index is 12.6. The molecule has 0 aliphatic carbocycles. The van der Waals surface area contributed by atoms with Crippen molar-refractivity contribution < 1.29 is 32.8 Å². The van der Waals surface area contributed by atoms with Gasteiger partial charge in [0.1, 0.15) is 6.10 Å². The topological polar surface area (TPSA) is 117 Å². The third-order valence-corrected chi connectivity index (χ3v) is 9.65. The Kier molecular flexibility index (Phi) is 40.0. The molecule has 0 saturated carbocycles. The summed E-state index contributed by atoms with van der Waals surface area (Å²) in [5.41, 5.74) is 5.36. The molecule has 0 radical (unpaired) electrons. The molecule has 0 bridgehead atoms. The number of hydrogen-bond donors (Lipinski definition) is 2. The third-order valence-electron chi connectivity index (χ3n) is 8.67. The van der Waals surface area contributed by atoms with Gasteiger partial charge in [-0.3, -0.25) is 13.8 Å². The molecule has 0 aliphatic rings. The van der Waals surface area contributed by atoms with Gasteiger partial charge in [-0.2, -0.15) is 0 Å². The molecule has 53 heavy (non-hydrogen) atoms. The molecular weight excluding hydrogens is 685 g/mol. The van der Waals surface area contributed by atoms with Crippen LogP contribution in [0.15, 0.2) is 60.8 Å². The van der Waals surface area contributed by atoms with Crippen molar-refractivity contribution in [1.82, 2.24) is 0 Å². The third kappa shape index (κ3) is 41.2. The second kappa shape index (κ2) is 41.4. The average Bonchev–Trinajstić information content (AvgIpc) is 3.15. The van der Waals surface area contributed by atoms with Gasteiger partial charge in [0.15, 0.2) is 0 Å². The van der Waals surface area contributed by atoms with Crippen LogP contribution < -0.4 is 5.73 Å². The Morgan fingerprint density at radius 3 is 1.58 bits per heavy atom. The van der Waals surface area contributed by atoms with Gasteiger partial charge in [0.2, 0.25) is 0 Å². The van der Waals surface area contributed by atoms with Crippen molar-refractivity contribution in [3.8, 4) is 0 Å². The minimum atomic E-state index is -4.28. The first-order chi connectivity index (χ1) is 25.9. The van der Waals surface area contributed by atoms with E-state index in [0.29, 0.717) is 13.0 Å². The van der Waals surface area contributed by atoms with Crippen molar-refractivity contribution in [2.45, 2.75) is 180 Å². The highest BCUT2D eigenvalue weighted by molar-refractivity contribution is 7.47. The van der Waals surface area contributed by atoms with Gasteiger partial charge in [-0.05, 0) is 77.0 Å². The number of carbonyl (C=O) groups excluding carboxylic acids is 1. The van der Waals surface area contributed by atoms with Crippen LogP contribution >= 0.6 is 7.82 Å². The number of rotatable bonds is 40. The number of esters is 1. The molecule has 0 spiro atoms. The second-order valence-electron chi connectivity index (χ2n) is 13.8. The fraction of sp³-hybridized carbons (Fsp3) is 0.750. The van der Waals surface area contributed by atoms with E-state index < -0.39 is 13.9 Å². The Labute approximate surface area is 325 Å². The van der Waals surface area contributed by atoms with E-state index in [1.807, 2.05) is 0 Å². The predicted molar refractivity (Wildman–Crippen MR) is 224 cm³/mol. The highest BCUT2D eigenvalue weighted by Gasteiger charge is 2.25. The number of unbranched alkanes of at least 4 members (excludes halogenated alkanes) is 17. The van der Waals surface area contributed by atoms with Gasteiger partial charge >= 0.3 is 13.8 Å². The molecular formula is C44H80NO7P. The van der Waals surface area contributed by atoms with Gasteiger partial charge in [0.25, 0.3) is 0 Å². The van der Waals surface area contributed by atoms with Gasteiger partial charge in [-0.1, -0.05) is 152 Å². The second-order valence-corrected chi connectivity index (χ2v) is 15.3. The average molecular weight is 766 g/mol. The Morgan fingerprint density at radius 2 is 1.06 bits per heavy atom. The standard InChI is InChI=1S/C44H80NO7P/c1-3-5-7-9-11-13-15-17-19-21-22-24-26-28-30-32-34-36-39-49-41-43(42-51-53(47,48)50-40-38-45)52-44(46)37-35-33-31-29-27-25-23-20-18-16-14-12-10-8-6-4-2/h5,7,11,13-14,16-17,19-20,23,43H,3-4,6,8-10,12,15,18,21-22,24-42,45H2,1-2H3,(H,47,48)/b7-5-,13-11-,16-14-,19-17-,23-20-. The quantitative estimate of drug-likeness (QED) is 0.0274. The fourth-order valence-corrected chi connectivity index (χ4v) is 6.33. The van der Waals surface area contributed by atoms with Crippen molar-refractivity contribution in [2.75, 3.05) is 33.0 Å². The molecule has 3 N–H and O–H groups in total. The van der Waals surface area contributed by atoms with Gasteiger partial charge in [-0.15, -0.1) is 0 Å². The number of ether oxygens (including phenoxy) is 2. The molecule has 0 aromatic carbocycles. The number of nitrogens with two attached hydrogens (primary N) is 1. The van der Waals surface area contributed by atoms with Crippen LogP contribution in [0.4, 0.5) is 0 Å². The Morgan fingerprint density at radius 1 is 0.585 bits per heavy atom. The van der Waals surface area contributed by atoms with Gasteiger partial charge < -0.3 is 20.1 Å². The van der Waals surface area contributed by atoms with Crippen molar-refractivity contribution in [3.63, 3.8) is 0 Å². The number of allylic oxidation sites excluding steroid dienone is 10. The maximum Gasteiger partial charge on any atom is 0.472 e. The molecule has 0 amide bonds. The Balaban J connectivity index is 4.08. The fourth-order valence-electron chi connectivity index (χ4n) is 5.57. The zero-order valence-electron chi connectivity index (χ0n) is 34.0. The van der Waals surface area contributed by atoms with Crippen molar-refractivity contribution in [1.29, 1.82) is 0 Å². The summed E-state index contributed by atoms with van der Waals surface area (Å²) in [6.07, 6.45) is 49.5. The highest BCUT2D eigenvalue weighted by atomic mass is 31.2. The van der Waals surface area contributed by atoms with Crippen LogP contribution in [-0.2, 0) is 27.9 Å². The molecule has 2 atom stereocenters. The zero-order chi connectivity index (χ0) is 38.8. The van der Waals surface area contributed by atoms with Crippen LogP contribution in [0.2, 0.25) is 0 Å². The molecule has 0 fully saturated rings. The van der Waals surface area contributed by atoms with Crippen LogP contribution in [0.3, 0.4) is 0 Å². The molecule has 0 heterocycles. The highest BCUT2D eigenvalue weighted by Crippen LogP contribution is 2.43. The molecule has 0 aromatic rings. The number of hydrogen-bond acceptors (Lipinski definition) is 7. The lowest BCUT2D eigenvalue weighted by atomic mass is 10.1. The van der Waals surface area contributed by atoms with Crippen LogP contribution in [0, 0.1) is 0 Å². The van der Waals surface area contributed by atoms with Gasteiger partial charge in [0.05, 0.1) is 19.8 Å². The van der Waals surface area contributed by atoms with E-state index in [-0.39, 0.29) is 32.3 Å². The lowest BCUT2D eigenvalue weighted by Gasteiger charge is -2.20. The van der Waals surface area contributed by atoms with Crippen molar-refractivity contribution >= 4 is 13.8 Å². The van der Waals surface area contributed by atoms with Crippen LogP contribution in [0.1, 0.15) is 174 Å². The van der Waals surface area contributed by atoms with Crippen LogP contribution in [-0.4, -0.2) is 49.9 Å². The zero-order valence-corrected chi connectivity index (χ0v) is 34.9. The molecule has 0 saturated heterocycles. The summed E-state index contributed by atoms with van der Waals surface area (Å²) in [5.74, 6) is -0.349. The molecule has 0 aliphatic heterocycles. The smallest absolute Gasteiger partial charge is 0.457 e. The molecule has 9 heteroatoms. The molecule has 0 rings (SSSR count). The lowest BCUT2D eigenvalue weighted by Crippen LogP contribution is -2.28. The summed E-state index contributed by atoms with van der Waals surface area (Å²) in [6, 6.07) is 0. The number of phosphoric ester groups is 1. The van der Waals surface area contributed by atoms with Crippen molar-refractivity contribution in [3.05, 3.63) is 60.8 Å². The molecule has 0 aromatic heterocycles. The molecule has 8 nitrogen and oxygen atoms in total. The first kappa shape index (κ1) is 51.2. The van der Waals surface area contributed by atoms with Crippen LogP contribution in [0.5, 0.6) is 0 Å². The lowest BCUT2D eigenvalue weighted by molar-refractivity contribution is -0.154. The first-order valence-electron chi connectivity index (χ1n) is 21.3. The summed E-state index contributed by atoms with van der Waals surface area (Å²) in [5, 5.41) is 0. The van der Waals surface area contributed by atoms with E-state index >= 15 is 0 Å². The molecule has 2 unspecified atom stereocenters. The van der Waals surface area contributed by atoms with Gasteiger partial charge in [0, 0.05) is 19.6 Å². The summed E-state index contributed by atoms with van der Waals surface area (Å²) in [7, 11) is -4.28. The van der Waals surface area contributed by atoms with E-state index in [1.165, 1.54) is 70.6 Å². The molecule has 308 valence electrons. The summed E-state index contributed by atoms with van der Waals surface area (Å²) < 4.78 is 33.4. The largest absolute Gasteiger partial charge is 0.472 e. The van der Waals surface area contributed by atoms with Gasteiger partial charge in [-0.25, -0.2) is 4.57 Å². The minimum absolute atomic E-state index is 0.0940. The Hall–Kier alpha value is -1.80. The number of carbonyl (C=O) groups is 1. The van der Waals surface area contributed by atoms with Crippen molar-refractivity contribution in [2.24, 2.45) is 5.73 Å². The predicted octanol–water partition coefficient (Wildman–Crippen LogP) is 12.6. The van der Waals surface area contributed by atoms with Crippen LogP contribution in [0.25, 0.3) is 0 Å². The Bertz CT molecular complexity index is 994. The number of phosphoric acid groups is 1. The monoisotopic (exact) mass is 766 g/mol. The maximum absolute atomic E-state index is 12.6. The minimum Gasteiger partial charge on any atom is -0.457 e. The van der Waals surface area contributed by atoms with E-state index in [9.17, 15) is 14.3 Å². The summed E-state index contributed by atoms with van der Waals surface area (Å²) in [4.78, 5) is 22.5. The summed E-state index contributed by atoms with van der Waals surface area (Å²) in [6.45, 7) is 4.75. The first-order valence-corrected chi connectivity index (χ1v) is 22.8. The van der Waals surface area contributed by atoms with E-state index in [2.05, 4.69) is 74.6 Å². The normalized spacial score (nSPS) is 14.1. The van der Waals surface area contributed by atoms with E-state index in [4.69, 9.17) is 24.3 Å². The van der Waals surface area contributed by atoms with E-state index in [1.54, 1.807) is 0 Å². The van der Waals surface area contributed by atoms with E-state index in [0.717, 1.165) is 83.5 Å².